The molecule has 1 fully saturated rings. The molecular weight excluding hydrogens is 297 g/mol. The van der Waals surface area contributed by atoms with E-state index in [1.165, 1.54) is 6.07 Å². The minimum atomic E-state index is -4.13. The Morgan fingerprint density at radius 1 is 1.33 bits per heavy atom. The fourth-order valence-corrected chi connectivity index (χ4v) is 3.13. The number of nitrogens with one attached hydrogen (secondary N) is 1. The van der Waals surface area contributed by atoms with Gasteiger partial charge in [0.15, 0.2) is 0 Å². The van der Waals surface area contributed by atoms with E-state index >= 15 is 0 Å². The van der Waals surface area contributed by atoms with Crippen LogP contribution in [0, 0.1) is 5.82 Å². The number of halogens is 1. The van der Waals surface area contributed by atoms with Crippen LogP contribution in [0.2, 0.25) is 0 Å². The number of piperazine rings is 1. The highest BCUT2D eigenvalue weighted by Gasteiger charge is 2.26. The molecule has 0 bridgehead atoms. The molecule has 1 aromatic carbocycles. The van der Waals surface area contributed by atoms with Crippen molar-refractivity contribution in [3.05, 3.63) is 29.6 Å². The van der Waals surface area contributed by atoms with Gasteiger partial charge in [0.05, 0.1) is 0 Å². The minimum absolute atomic E-state index is 0.112. The second-order valence-corrected chi connectivity index (χ2v) is 6.90. The Hall–Kier alpha value is -1.51. The topological polar surface area (TPSA) is 92.5 Å². The maximum atomic E-state index is 13.8. The van der Waals surface area contributed by atoms with Crippen LogP contribution in [-0.4, -0.2) is 44.4 Å². The van der Waals surface area contributed by atoms with Gasteiger partial charge in [-0.1, -0.05) is 0 Å². The van der Waals surface area contributed by atoms with Gasteiger partial charge in [0.2, 0.25) is 10.0 Å². The quantitative estimate of drug-likeness (QED) is 0.821. The number of benzene rings is 1. The zero-order chi connectivity index (χ0) is 15.8. The molecule has 8 heteroatoms. The van der Waals surface area contributed by atoms with Crippen LogP contribution < -0.4 is 10.5 Å². The van der Waals surface area contributed by atoms with Gasteiger partial charge in [-0.05, 0) is 32.0 Å². The number of hydrogen-bond acceptors (Lipinski definition) is 4. The van der Waals surface area contributed by atoms with Crippen LogP contribution in [0.15, 0.2) is 23.1 Å². The van der Waals surface area contributed by atoms with Gasteiger partial charge < -0.3 is 10.2 Å². The fraction of sp³-hybridized carbons (Fsp3) is 0.462. The summed E-state index contributed by atoms with van der Waals surface area (Å²) in [6.45, 7) is 4.95. The molecule has 3 N–H and O–H groups in total. The van der Waals surface area contributed by atoms with Crippen molar-refractivity contribution in [2.24, 2.45) is 5.14 Å². The van der Waals surface area contributed by atoms with E-state index in [0.29, 0.717) is 13.1 Å². The molecule has 1 saturated heterocycles. The average Bonchev–Trinajstić information content (AvgIpc) is 2.35. The molecule has 6 nitrogen and oxygen atoms in total. The van der Waals surface area contributed by atoms with E-state index in [1.54, 1.807) is 4.90 Å². The Balaban J connectivity index is 2.26. The molecule has 0 saturated carbocycles. The van der Waals surface area contributed by atoms with Gasteiger partial charge in [-0.3, -0.25) is 4.79 Å². The monoisotopic (exact) mass is 315 g/mol. The SMILES string of the molecule is CC1CN(C(=O)c2ccc(S(N)(=O)=O)c(F)c2)CC(C)N1. The average molecular weight is 315 g/mol. The third kappa shape index (κ3) is 3.58. The molecule has 2 unspecified atom stereocenters. The maximum Gasteiger partial charge on any atom is 0.254 e. The third-order valence-corrected chi connectivity index (χ3v) is 4.27. The predicted molar refractivity (Wildman–Crippen MR) is 75.7 cm³/mol. The number of amides is 1. The Morgan fingerprint density at radius 3 is 2.38 bits per heavy atom. The molecular formula is C13H18FN3O3S. The summed E-state index contributed by atoms with van der Waals surface area (Å²) in [7, 11) is -4.13. The van der Waals surface area contributed by atoms with Gasteiger partial charge in [0, 0.05) is 30.7 Å². The molecule has 1 aromatic rings. The molecule has 2 atom stereocenters. The molecule has 2 rings (SSSR count). The molecule has 0 radical (unpaired) electrons. The van der Waals surface area contributed by atoms with Crippen molar-refractivity contribution in [2.75, 3.05) is 13.1 Å². The van der Waals surface area contributed by atoms with Crippen LogP contribution in [0.25, 0.3) is 0 Å². The van der Waals surface area contributed by atoms with Crippen LogP contribution in [0.3, 0.4) is 0 Å². The van der Waals surface area contributed by atoms with Gasteiger partial charge in [0.25, 0.3) is 5.91 Å². The number of primary sulfonamides is 1. The summed E-state index contributed by atoms with van der Waals surface area (Å²) in [5.41, 5.74) is 0.112. The van der Waals surface area contributed by atoms with E-state index in [2.05, 4.69) is 5.32 Å². The van der Waals surface area contributed by atoms with Crippen LogP contribution in [0.5, 0.6) is 0 Å². The van der Waals surface area contributed by atoms with Crippen molar-refractivity contribution in [3.8, 4) is 0 Å². The Labute approximate surface area is 123 Å². The highest BCUT2D eigenvalue weighted by atomic mass is 32.2. The van der Waals surface area contributed by atoms with Crippen molar-refractivity contribution in [1.29, 1.82) is 0 Å². The van der Waals surface area contributed by atoms with Crippen molar-refractivity contribution in [1.82, 2.24) is 10.2 Å². The van der Waals surface area contributed by atoms with Crippen LogP contribution in [0.1, 0.15) is 24.2 Å². The largest absolute Gasteiger partial charge is 0.336 e. The Kier molecular flexibility index (Phi) is 4.31. The molecule has 1 amide bonds. The molecule has 0 aliphatic carbocycles. The number of sulfonamides is 1. The first-order chi connectivity index (χ1) is 9.68. The van der Waals surface area contributed by atoms with Crippen LogP contribution in [-0.2, 0) is 10.0 Å². The normalized spacial score (nSPS) is 23.1. The van der Waals surface area contributed by atoms with Crippen molar-refractivity contribution < 1.29 is 17.6 Å². The first-order valence-corrected chi connectivity index (χ1v) is 8.11. The standard InChI is InChI=1S/C13H18FN3O3S/c1-8-6-17(7-9(2)16-8)13(18)10-3-4-12(11(14)5-10)21(15,19)20/h3-5,8-9,16H,6-7H2,1-2H3,(H2,15,19,20). The highest BCUT2D eigenvalue weighted by molar-refractivity contribution is 7.89. The predicted octanol–water partition coefficient (Wildman–Crippen LogP) is 0.296. The molecule has 0 spiro atoms. The lowest BCUT2D eigenvalue weighted by molar-refractivity contribution is 0.0673. The molecule has 1 aliphatic rings. The highest BCUT2D eigenvalue weighted by Crippen LogP contribution is 2.17. The number of carbonyl (C=O) groups excluding carboxylic acids is 1. The van der Waals surface area contributed by atoms with Gasteiger partial charge in [0.1, 0.15) is 10.7 Å². The molecule has 0 aromatic heterocycles. The fourth-order valence-electron chi connectivity index (χ4n) is 2.54. The van der Waals surface area contributed by atoms with Crippen LogP contribution >= 0.6 is 0 Å². The first-order valence-electron chi connectivity index (χ1n) is 6.56. The molecule has 116 valence electrons. The van der Waals surface area contributed by atoms with E-state index in [0.717, 1.165) is 12.1 Å². The van der Waals surface area contributed by atoms with E-state index in [-0.39, 0.29) is 23.6 Å². The van der Waals surface area contributed by atoms with Gasteiger partial charge in [-0.15, -0.1) is 0 Å². The molecule has 21 heavy (non-hydrogen) atoms. The van der Waals surface area contributed by atoms with Crippen molar-refractivity contribution >= 4 is 15.9 Å². The summed E-state index contributed by atoms with van der Waals surface area (Å²) in [6, 6.07) is 3.51. The van der Waals surface area contributed by atoms with E-state index in [1.807, 2.05) is 13.8 Å². The van der Waals surface area contributed by atoms with Crippen molar-refractivity contribution in [3.63, 3.8) is 0 Å². The number of hydrogen-bond donors (Lipinski definition) is 2. The number of nitrogens with zero attached hydrogens (tertiary/aromatic N) is 1. The zero-order valence-electron chi connectivity index (χ0n) is 11.8. The lowest BCUT2D eigenvalue weighted by Gasteiger charge is -2.36. The Bertz CT molecular complexity index is 653. The summed E-state index contributed by atoms with van der Waals surface area (Å²) in [5.74, 6) is -1.34. The lowest BCUT2D eigenvalue weighted by atomic mass is 10.1. The zero-order valence-corrected chi connectivity index (χ0v) is 12.7. The number of carbonyl (C=O) groups is 1. The summed E-state index contributed by atoms with van der Waals surface area (Å²) in [4.78, 5) is 13.4. The minimum Gasteiger partial charge on any atom is -0.336 e. The first kappa shape index (κ1) is 15.9. The smallest absolute Gasteiger partial charge is 0.254 e. The summed E-state index contributed by atoms with van der Waals surface area (Å²) < 4.78 is 36.1. The van der Waals surface area contributed by atoms with Crippen molar-refractivity contribution in [2.45, 2.75) is 30.8 Å². The van der Waals surface area contributed by atoms with Crippen LogP contribution in [0.4, 0.5) is 4.39 Å². The maximum absolute atomic E-state index is 13.8. The van der Waals surface area contributed by atoms with E-state index in [9.17, 15) is 17.6 Å². The van der Waals surface area contributed by atoms with Gasteiger partial charge >= 0.3 is 0 Å². The van der Waals surface area contributed by atoms with Gasteiger partial charge in [-0.25, -0.2) is 17.9 Å². The van der Waals surface area contributed by atoms with E-state index in [4.69, 9.17) is 5.14 Å². The third-order valence-electron chi connectivity index (χ3n) is 3.33. The summed E-state index contributed by atoms with van der Waals surface area (Å²) in [6.07, 6.45) is 0. The summed E-state index contributed by atoms with van der Waals surface area (Å²) in [5, 5.41) is 8.18. The van der Waals surface area contributed by atoms with Gasteiger partial charge in [-0.2, -0.15) is 0 Å². The number of nitrogens with two attached hydrogens (primary N) is 1. The second-order valence-electron chi connectivity index (χ2n) is 5.37. The summed E-state index contributed by atoms with van der Waals surface area (Å²) >= 11 is 0. The molecule has 1 heterocycles. The lowest BCUT2D eigenvalue weighted by Crippen LogP contribution is -2.55. The Morgan fingerprint density at radius 2 is 1.90 bits per heavy atom. The van der Waals surface area contributed by atoms with E-state index < -0.39 is 20.7 Å². The number of rotatable bonds is 2. The molecule has 1 aliphatic heterocycles. The second kappa shape index (κ2) is 5.70.